The van der Waals surface area contributed by atoms with E-state index in [9.17, 15) is 4.79 Å². The molecule has 0 amide bonds. The zero-order valence-electron chi connectivity index (χ0n) is 19.3. The minimum atomic E-state index is -0.857. The molecule has 5 nitrogen and oxygen atoms in total. The molecule has 34 heavy (non-hydrogen) atoms. The van der Waals surface area contributed by atoms with Crippen molar-refractivity contribution in [2.24, 2.45) is 5.92 Å². The molecule has 0 unspecified atom stereocenters. The smallest absolute Gasteiger partial charge is 0.164 e. The van der Waals surface area contributed by atoms with Gasteiger partial charge in [0, 0.05) is 13.0 Å². The Hall–Kier alpha value is -2.83. The fourth-order valence-electron chi connectivity index (χ4n) is 5.16. The standard InChI is InChI=1S/C29H30O5/c1-2-31-27-18-24-25(30)19-32-28(24)26(34-27)20-33-29(21-12-6-3-7-13-21,22-14-8-4-9-15-22)23-16-10-5-11-17-23/h3-17,24,26-28H,2,18-20H2,1H3/t24-,26-,27+,28+/m1/s1. The first-order chi connectivity index (χ1) is 16.7. The molecule has 0 aliphatic carbocycles. The Labute approximate surface area is 200 Å². The van der Waals surface area contributed by atoms with Crippen LogP contribution in [0.1, 0.15) is 30.0 Å². The maximum atomic E-state index is 12.5. The maximum absolute atomic E-state index is 12.5. The quantitative estimate of drug-likeness (QED) is 0.457. The van der Waals surface area contributed by atoms with Crippen LogP contribution in [0.4, 0.5) is 0 Å². The van der Waals surface area contributed by atoms with E-state index in [0.29, 0.717) is 13.0 Å². The van der Waals surface area contributed by atoms with E-state index in [1.165, 1.54) is 0 Å². The molecule has 2 saturated heterocycles. The van der Waals surface area contributed by atoms with Crippen LogP contribution in [0.5, 0.6) is 0 Å². The molecule has 2 aliphatic heterocycles. The second kappa shape index (κ2) is 10.2. The zero-order chi connectivity index (χ0) is 23.4. The van der Waals surface area contributed by atoms with Gasteiger partial charge in [-0.05, 0) is 23.6 Å². The summed E-state index contributed by atoms with van der Waals surface area (Å²) in [5.74, 6) is -0.109. The van der Waals surface area contributed by atoms with Crippen LogP contribution in [0.25, 0.3) is 0 Å². The van der Waals surface area contributed by atoms with E-state index < -0.39 is 18.0 Å². The van der Waals surface area contributed by atoms with E-state index in [4.69, 9.17) is 18.9 Å². The lowest BCUT2D eigenvalue weighted by Gasteiger charge is -2.41. The van der Waals surface area contributed by atoms with Gasteiger partial charge in [0.05, 0.1) is 18.6 Å². The van der Waals surface area contributed by atoms with Gasteiger partial charge >= 0.3 is 0 Å². The highest BCUT2D eigenvalue weighted by Gasteiger charge is 2.49. The molecular formula is C29H30O5. The molecule has 176 valence electrons. The molecule has 0 bridgehead atoms. The summed E-state index contributed by atoms with van der Waals surface area (Å²) >= 11 is 0. The summed E-state index contributed by atoms with van der Waals surface area (Å²) in [7, 11) is 0. The van der Waals surface area contributed by atoms with E-state index in [1.807, 2.05) is 61.5 Å². The summed E-state index contributed by atoms with van der Waals surface area (Å²) < 4.78 is 24.8. The molecule has 0 aromatic heterocycles. The molecule has 2 aliphatic rings. The molecule has 4 atom stereocenters. The number of ether oxygens (including phenoxy) is 4. The Bertz CT molecular complexity index is 973. The number of fused-ring (bicyclic) bond motifs is 1. The summed E-state index contributed by atoms with van der Waals surface area (Å²) in [6, 6.07) is 30.7. The van der Waals surface area contributed by atoms with Gasteiger partial charge in [0.15, 0.2) is 12.1 Å². The molecule has 2 fully saturated rings. The lowest BCUT2D eigenvalue weighted by atomic mass is 9.80. The van der Waals surface area contributed by atoms with Crippen molar-refractivity contribution in [1.82, 2.24) is 0 Å². The van der Waals surface area contributed by atoms with Gasteiger partial charge in [0.25, 0.3) is 0 Å². The van der Waals surface area contributed by atoms with Crippen LogP contribution in [-0.4, -0.2) is 44.1 Å². The van der Waals surface area contributed by atoms with Gasteiger partial charge in [0.2, 0.25) is 0 Å². The molecule has 2 heterocycles. The number of ketones is 1. The summed E-state index contributed by atoms with van der Waals surface area (Å²) in [5, 5.41) is 0. The third-order valence-corrected chi connectivity index (χ3v) is 6.73. The maximum Gasteiger partial charge on any atom is 0.164 e. The molecule has 5 heteroatoms. The topological polar surface area (TPSA) is 54.0 Å². The van der Waals surface area contributed by atoms with Crippen molar-refractivity contribution in [3.05, 3.63) is 108 Å². The molecule has 3 aromatic rings. The second-order valence-electron chi connectivity index (χ2n) is 8.73. The van der Waals surface area contributed by atoms with E-state index in [1.54, 1.807) is 0 Å². The first kappa shape index (κ1) is 22.9. The van der Waals surface area contributed by atoms with Crippen LogP contribution in [0.2, 0.25) is 0 Å². The molecule has 0 N–H and O–H groups in total. The van der Waals surface area contributed by atoms with Crippen LogP contribution in [0.3, 0.4) is 0 Å². The highest BCUT2D eigenvalue weighted by molar-refractivity contribution is 5.84. The number of rotatable bonds is 8. The lowest BCUT2D eigenvalue weighted by molar-refractivity contribution is -0.245. The van der Waals surface area contributed by atoms with Crippen LogP contribution < -0.4 is 0 Å². The van der Waals surface area contributed by atoms with Crippen molar-refractivity contribution in [3.63, 3.8) is 0 Å². The normalized spacial score (nSPS) is 24.7. The van der Waals surface area contributed by atoms with Crippen LogP contribution in [0.15, 0.2) is 91.0 Å². The van der Waals surface area contributed by atoms with Crippen molar-refractivity contribution in [2.45, 2.75) is 37.4 Å². The van der Waals surface area contributed by atoms with Crippen LogP contribution in [-0.2, 0) is 29.3 Å². The Kier molecular flexibility index (Phi) is 6.88. The van der Waals surface area contributed by atoms with Crippen molar-refractivity contribution in [2.75, 3.05) is 19.8 Å². The first-order valence-electron chi connectivity index (χ1n) is 11.9. The SMILES string of the molecule is CCO[C@@H]1C[C@@H]2C(=O)CO[C@@H]2[C@@H](COC(c2ccccc2)(c2ccccc2)c2ccccc2)O1. The van der Waals surface area contributed by atoms with Crippen LogP contribution in [0, 0.1) is 5.92 Å². The number of hydrogen-bond acceptors (Lipinski definition) is 5. The monoisotopic (exact) mass is 458 g/mol. The third kappa shape index (κ3) is 4.32. The van der Waals surface area contributed by atoms with Crippen molar-refractivity contribution < 1.29 is 23.7 Å². The van der Waals surface area contributed by atoms with Crippen molar-refractivity contribution >= 4 is 5.78 Å². The first-order valence-corrected chi connectivity index (χ1v) is 11.9. The van der Waals surface area contributed by atoms with Crippen LogP contribution >= 0.6 is 0 Å². The molecule has 5 rings (SSSR count). The van der Waals surface area contributed by atoms with Gasteiger partial charge in [-0.15, -0.1) is 0 Å². The van der Waals surface area contributed by atoms with Gasteiger partial charge < -0.3 is 18.9 Å². The number of carbonyl (C=O) groups excluding carboxylic acids is 1. The fourth-order valence-corrected chi connectivity index (χ4v) is 5.16. The Morgan fingerprint density at radius 3 is 1.88 bits per heavy atom. The van der Waals surface area contributed by atoms with E-state index in [2.05, 4.69) is 36.4 Å². The largest absolute Gasteiger partial charge is 0.367 e. The van der Waals surface area contributed by atoms with Gasteiger partial charge in [0.1, 0.15) is 18.3 Å². The molecule has 3 aromatic carbocycles. The predicted molar refractivity (Wildman–Crippen MR) is 128 cm³/mol. The zero-order valence-corrected chi connectivity index (χ0v) is 19.3. The molecule has 0 spiro atoms. The summed E-state index contributed by atoms with van der Waals surface area (Å²) in [6.07, 6.45) is -0.666. The number of hydrogen-bond donors (Lipinski definition) is 0. The average molecular weight is 459 g/mol. The molecule has 0 radical (unpaired) electrons. The Morgan fingerprint density at radius 2 is 1.38 bits per heavy atom. The van der Waals surface area contributed by atoms with E-state index in [0.717, 1.165) is 16.7 Å². The highest BCUT2D eigenvalue weighted by Crippen LogP contribution is 2.42. The number of carbonyl (C=O) groups is 1. The second-order valence-corrected chi connectivity index (χ2v) is 8.73. The third-order valence-electron chi connectivity index (χ3n) is 6.73. The Morgan fingerprint density at radius 1 is 0.853 bits per heavy atom. The summed E-state index contributed by atoms with van der Waals surface area (Å²) in [6.45, 7) is 2.82. The van der Waals surface area contributed by atoms with E-state index >= 15 is 0 Å². The molecular weight excluding hydrogens is 428 g/mol. The lowest BCUT2D eigenvalue weighted by Crippen LogP contribution is -2.49. The predicted octanol–water partition coefficient (Wildman–Crippen LogP) is 4.73. The highest BCUT2D eigenvalue weighted by atomic mass is 16.7. The van der Waals surface area contributed by atoms with Gasteiger partial charge in [-0.3, -0.25) is 4.79 Å². The minimum Gasteiger partial charge on any atom is -0.367 e. The van der Waals surface area contributed by atoms with E-state index in [-0.39, 0.29) is 31.0 Å². The Balaban J connectivity index is 1.54. The van der Waals surface area contributed by atoms with Crippen molar-refractivity contribution in [3.8, 4) is 0 Å². The molecule has 0 saturated carbocycles. The summed E-state index contributed by atoms with van der Waals surface area (Å²) in [5.41, 5.74) is 2.20. The number of Topliss-reactive ketones (excluding diaryl/α,β-unsaturated/α-hetero) is 1. The number of benzene rings is 3. The van der Waals surface area contributed by atoms with Gasteiger partial charge in [-0.25, -0.2) is 0 Å². The summed E-state index contributed by atoms with van der Waals surface area (Å²) in [4.78, 5) is 12.5. The van der Waals surface area contributed by atoms with Gasteiger partial charge in [-0.1, -0.05) is 91.0 Å². The van der Waals surface area contributed by atoms with Gasteiger partial charge in [-0.2, -0.15) is 0 Å². The van der Waals surface area contributed by atoms with Crippen molar-refractivity contribution in [1.29, 1.82) is 0 Å². The fraction of sp³-hybridized carbons (Fsp3) is 0.345. The minimum absolute atomic E-state index is 0.114. The average Bonchev–Trinajstić information content (AvgIpc) is 3.27.